The molecule has 0 radical (unpaired) electrons. The van der Waals surface area contributed by atoms with Gasteiger partial charge in [0.25, 0.3) is 0 Å². The van der Waals surface area contributed by atoms with Crippen LogP contribution < -0.4 is 10.0 Å². The number of sulfonamides is 1. The van der Waals surface area contributed by atoms with Gasteiger partial charge in [0.15, 0.2) is 5.82 Å². The zero-order chi connectivity index (χ0) is 13.4. The third-order valence-electron chi connectivity index (χ3n) is 2.21. The van der Waals surface area contributed by atoms with Crippen molar-refractivity contribution in [3.63, 3.8) is 0 Å². The molecule has 0 unspecified atom stereocenters. The largest absolute Gasteiger partial charge is 0.340 e. The van der Waals surface area contributed by atoms with Gasteiger partial charge in [0.05, 0.1) is 5.75 Å². The lowest BCUT2D eigenvalue weighted by Crippen LogP contribution is -2.33. The van der Waals surface area contributed by atoms with Gasteiger partial charge in [-0.05, 0) is 13.0 Å². The maximum absolute atomic E-state index is 11.6. The van der Waals surface area contributed by atoms with Gasteiger partial charge in [-0.1, -0.05) is 12.1 Å². The zero-order valence-corrected chi connectivity index (χ0v) is 11.6. The zero-order valence-electron chi connectivity index (χ0n) is 10.8. The van der Waals surface area contributed by atoms with Crippen LogP contribution >= 0.6 is 0 Å². The molecule has 0 atom stereocenters. The predicted molar refractivity (Wildman–Crippen MR) is 67.7 cm³/mol. The van der Waals surface area contributed by atoms with Gasteiger partial charge >= 0.3 is 0 Å². The summed E-state index contributed by atoms with van der Waals surface area (Å²) in [5.41, 5.74) is 0. The highest BCUT2D eigenvalue weighted by atomic mass is 32.2. The summed E-state index contributed by atoms with van der Waals surface area (Å²) in [6.45, 7) is 5.31. The molecule has 2 N–H and O–H groups in total. The van der Waals surface area contributed by atoms with Crippen LogP contribution in [0.5, 0.6) is 0 Å². The Hall–Kier alpha value is -0.990. The fourth-order valence-electron chi connectivity index (χ4n) is 1.34. The van der Waals surface area contributed by atoms with E-state index in [1.165, 1.54) is 0 Å². The summed E-state index contributed by atoms with van der Waals surface area (Å²) in [6.07, 6.45) is 1.42. The molecule has 7 nitrogen and oxygen atoms in total. The van der Waals surface area contributed by atoms with E-state index >= 15 is 0 Å². The van der Waals surface area contributed by atoms with E-state index in [2.05, 4.69) is 20.2 Å². The normalized spacial score (nSPS) is 11.9. The molecule has 104 valence electrons. The van der Waals surface area contributed by atoms with Crippen molar-refractivity contribution in [2.75, 3.05) is 25.4 Å². The molecule has 1 heterocycles. The average Bonchev–Trinajstić information content (AvgIpc) is 2.70. The van der Waals surface area contributed by atoms with Crippen molar-refractivity contribution >= 4 is 10.0 Å². The molecule has 1 aromatic heterocycles. The van der Waals surface area contributed by atoms with Crippen LogP contribution in [0.15, 0.2) is 4.52 Å². The van der Waals surface area contributed by atoms with Crippen molar-refractivity contribution in [3.8, 4) is 0 Å². The van der Waals surface area contributed by atoms with Crippen molar-refractivity contribution < 1.29 is 12.9 Å². The number of nitrogens with one attached hydrogen (secondary N) is 2. The van der Waals surface area contributed by atoms with Crippen molar-refractivity contribution in [2.45, 2.75) is 26.7 Å². The topological polar surface area (TPSA) is 97.1 Å². The summed E-state index contributed by atoms with van der Waals surface area (Å²) in [7, 11) is -3.22. The highest BCUT2D eigenvalue weighted by molar-refractivity contribution is 7.89. The molecular formula is C10H20N4O3S. The lowest BCUT2D eigenvalue weighted by molar-refractivity contribution is 0.387. The summed E-state index contributed by atoms with van der Waals surface area (Å²) in [6, 6.07) is 0. The van der Waals surface area contributed by atoms with Gasteiger partial charge in [-0.3, -0.25) is 0 Å². The van der Waals surface area contributed by atoms with E-state index < -0.39 is 10.0 Å². The SMILES string of the molecule is CCCNCCS(=O)(=O)NCCc1noc(C)n1. The van der Waals surface area contributed by atoms with Gasteiger partial charge in [-0.2, -0.15) is 4.98 Å². The third kappa shape index (κ3) is 6.08. The Bertz CT molecular complexity index is 444. The van der Waals surface area contributed by atoms with E-state index in [-0.39, 0.29) is 12.3 Å². The van der Waals surface area contributed by atoms with Crippen LogP contribution in [-0.4, -0.2) is 43.9 Å². The molecule has 18 heavy (non-hydrogen) atoms. The first kappa shape index (κ1) is 15.1. The van der Waals surface area contributed by atoms with Crippen molar-refractivity contribution in [1.29, 1.82) is 0 Å². The predicted octanol–water partition coefficient (Wildman–Crippen LogP) is -0.160. The molecule has 0 amide bonds. The van der Waals surface area contributed by atoms with E-state index in [0.29, 0.717) is 24.7 Å². The maximum atomic E-state index is 11.6. The van der Waals surface area contributed by atoms with Crippen LogP contribution in [0, 0.1) is 6.92 Å². The molecule has 0 aliphatic heterocycles. The summed E-state index contributed by atoms with van der Waals surface area (Å²) in [5, 5.41) is 6.73. The first-order chi connectivity index (χ1) is 8.53. The highest BCUT2D eigenvalue weighted by Gasteiger charge is 2.10. The summed E-state index contributed by atoms with van der Waals surface area (Å²) in [5.74, 6) is 1.08. The molecule has 1 aromatic rings. The van der Waals surface area contributed by atoms with Crippen LogP contribution in [0.4, 0.5) is 0 Å². The average molecular weight is 276 g/mol. The Morgan fingerprint density at radius 2 is 2.06 bits per heavy atom. The van der Waals surface area contributed by atoms with Gasteiger partial charge in [0, 0.05) is 26.4 Å². The number of aryl methyl sites for hydroxylation is 1. The molecule has 1 rings (SSSR count). The number of hydrogen-bond donors (Lipinski definition) is 2. The maximum Gasteiger partial charge on any atom is 0.223 e. The van der Waals surface area contributed by atoms with Crippen LogP contribution in [0.1, 0.15) is 25.1 Å². The Labute approximate surface area is 107 Å². The van der Waals surface area contributed by atoms with Crippen LogP contribution in [0.2, 0.25) is 0 Å². The molecular weight excluding hydrogens is 256 g/mol. The summed E-state index contributed by atoms with van der Waals surface area (Å²) < 4.78 is 30.4. The summed E-state index contributed by atoms with van der Waals surface area (Å²) >= 11 is 0. The van der Waals surface area contributed by atoms with Gasteiger partial charge in [-0.25, -0.2) is 13.1 Å². The first-order valence-electron chi connectivity index (χ1n) is 6.00. The Kier molecular flexibility index (Phi) is 6.23. The van der Waals surface area contributed by atoms with Crippen LogP contribution in [0.25, 0.3) is 0 Å². The smallest absolute Gasteiger partial charge is 0.223 e. The lowest BCUT2D eigenvalue weighted by atomic mass is 10.4. The Balaban J connectivity index is 2.20. The van der Waals surface area contributed by atoms with Gasteiger partial charge in [-0.15, -0.1) is 0 Å². The molecule has 0 aromatic carbocycles. The second-order valence-electron chi connectivity index (χ2n) is 3.94. The minimum Gasteiger partial charge on any atom is -0.340 e. The first-order valence-corrected chi connectivity index (χ1v) is 7.66. The molecule has 0 fully saturated rings. The second-order valence-corrected chi connectivity index (χ2v) is 5.87. The Morgan fingerprint density at radius 1 is 1.28 bits per heavy atom. The van der Waals surface area contributed by atoms with E-state index in [4.69, 9.17) is 4.52 Å². The second kappa shape index (κ2) is 7.45. The van der Waals surface area contributed by atoms with Crippen LogP contribution in [-0.2, 0) is 16.4 Å². The summed E-state index contributed by atoms with van der Waals surface area (Å²) in [4.78, 5) is 3.99. The molecule has 0 bridgehead atoms. The Morgan fingerprint density at radius 3 is 2.67 bits per heavy atom. The molecule has 0 aliphatic rings. The standard InChI is InChI=1S/C10H20N4O3S/c1-3-5-11-7-8-18(15,16)12-6-4-10-13-9(2)17-14-10/h11-12H,3-8H2,1-2H3. The fraction of sp³-hybridized carbons (Fsp3) is 0.800. The van der Waals surface area contributed by atoms with Crippen molar-refractivity contribution in [3.05, 3.63) is 11.7 Å². The molecule has 8 heteroatoms. The van der Waals surface area contributed by atoms with E-state index in [1.807, 2.05) is 6.92 Å². The third-order valence-corrected chi connectivity index (χ3v) is 3.60. The quantitative estimate of drug-likeness (QED) is 0.608. The molecule has 0 saturated heterocycles. The van der Waals surface area contributed by atoms with Gasteiger partial charge < -0.3 is 9.84 Å². The minimum atomic E-state index is -3.22. The van der Waals surface area contributed by atoms with Crippen LogP contribution in [0.3, 0.4) is 0 Å². The van der Waals surface area contributed by atoms with Crippen molar-refractivity contribution in [1.82, 2.24) is 20.2 Å². The molecule has 0 spiro atoms. The number of aromatic nitrogens is 2. The van der Waals surface area contributed by atoms with E-state index in [9.17, 15) is 8.42 Å². The number of hydrogen-bond acceptors (Lipinski definition) is 6. The lowest BCUT2D eigenvalue weighted by Gasteiger charge is -2.06. The molecule has 0 saturated carbocycles. The van der Waals surface area contributed by atoms with Gasteiger partial charge in [0.2, 0.25) is 15.9 Å². The fourth-order valence-corrected chi connectivity index (χ4v) is 2.31. The van der Waals surface area contributed by atoms with E-state index in [0.717, 1.165) is 13.0 Å². The number of rotatable bonds is 9. The van der Waals surface area contributed by atoms with Crippen molar-refractivity contribution in [2.24, 2.45) is 0 Å². The minimum absolute atomic E-state index is 0.0816. The highest BCUT2D eigenvalue weighted by Crippen LogP contribution is 1.95. The number of nitrogens with zero attached hydrogens (tertiary/aromatic N) is 2. The van der Waals surface area contributed by atoms with E-state index in [1.54, 1.807) is 6.92 Å². The monoisotopic (exact) mass is 276 g/mol. The van der Waals surface area contributed by atoms with Gasteiger partial charge in [0.1, 0.15) is 0 Å². The molecule has 0 aliphatic carbocycles.